The maximum Gasteiger partial charge on any atom is 0.137 e. The second-order valence-electron chi connectivity index (χ2n) is 4.43. The van der Waals surface area contributed by atoms with Gasteiger partial charge in [0.25, 0.3) is 0 Å². The number of rotatable bonds is 5. The van der Waals surface area contributed by atoms with E-state index < -0.39 is 6.10 Å². The van der Waals surface area contributed by atoms with Crippen LogP contribution in [0.25, 0.3) is 0 Å². The van der Waals surface area contributed by atoms with E-state index in [1.54, 1.807) is 32.4 Å². The van der Waals surface area contributed by atoms with Gasteiger partial charge in [-0.2, -0.15) is 0 Å². The molecule has 1 unspecified atom stereocenters. The minimum Gasteiger partial charge on any atom is -0.496 e. The largest absolute Gasteiger partial charge is 0.496 e. The summed E-state index contributed by atoms with van der Waals surface area (Å²) >= 11 is 5.98. The first-order valence-corrected chi connectivity index (χ1v) is 6.67. The number of para-hydroxylation sites is 1. The average molecular weight is 293 g/mol. The Morgan fingerprint density at radius 1 is 1.05 bits per heavy atom. The third kappa shape index (κ3) is 3.24. The van der Waals surface area contributed by atoms with Crippen LogP contribution in [0.2, 0.25) is 5.02 Å². The van der Waals surface area contributed by atoms with Gasteiger partial charge in [0.1, 0.15) is 11.5 Å². The normalized spacial score (nSPS) is 12.0. The molecule has 3 nitrogen and oxygen atoms in total. The lowest BCUT2D eigenvalue weighted by Gasteiger charge is -2.15. The number of aliphatic hydroxyl groups excluding tert-OH is 1. The van der Waals surface area contributed by atoms with E-state index in [-0.39, 0.29) is 0 Å². The zero-order valence-corrected chi connectivity index (χ0v) is 12.2. The van der Waals surface area contributed by atoms with Crippen LogP contribution in [0, 0.1) is 0 Å². The van der Waals surface area contributed by atoms with Crippen LogP contribution < -0.4 is 9.47 Å². The predicted molar refractivity (Wildman–Crippen MR) is 79.7 cm³/mol. The smallest absolute Gasteiger partial charge is 0.137 e. The van der Waals surface area contributed by atoms with E-state index >= 15 is 0 Å². The second kappa shape index (κ2) is 6.64. The number of methoxy groups -OCH3 is 2. The summed E-state index contributed by atoms with van der Waals surface area (Å²) < 4.78 is 10.5. The lowest BCUT2D eigenvalue weighted by atomic mass is 10.0. The Bertz CT molecular complexity index is 584. The Hall–Kier alpha value is -1.71. The van der Waals surface area contributed by atoms with Crippen LogP contribution in [0.5, 0.6) is 11.5 Å². The molecule has 0 fully saturated rings. The Labute approximate surface area is 123 Å². The SMILES string of the molecule is COc1cc(C(O)Cc2ccccc2OC)ccc1Cl. The summed E-state index contributed by atoms with van der Waals surface area (Å²) in [6, 6.07) is 12.9. The zero-order chi connectivity index (χ0) is 14.5. The van der Waals surface area contributed by atoms with Crippen molar-refractivity contribution in [1.29, 1.82) is 0 Å². The Balaban J connectivity index is 2.21. The van der Waals surface area contributed by atoms with Gasteiger partial charge in [-0.3, -0.25) is 0 Å². The van der Waals surface area contributed by atoms with Crippen molar-refractivity contribution in [3.63, 3.8) is 0 Å². The number of hydrogen-bond acceptors (Lipinski definition) is 3. The molecule has 0 amide bonds. The molecule has 1 atom stereocenters. The number of benzene rings is 2. The molecule has 0 spiro atoms. The third-order valence-corrected chi connectivity index (χ3v) is 3.48. The van der Waals surface area contributed by atoms with E-state index in [9.17, 15) is 5.11 Å². The van der Waals surface area contributed by atoms with Crippen LogP contribution >= 0.6 is 11.6 Å². The Kier molecular flexibility index (Phi) is 4.88. The molecule has 0 heterocycles. The number of hydrogen-bond donors (Lipinski definition) is 1. The molecular formula is C16H17ClO3. The molecule has 0 aliphatic heterocycles. The summed E-state index contributed by atoms with van der Waals surface area (Å²) in [6.07, 6.45) is -0.174. The molecule has 0 bridgehead atoms. The van der Waals surface area contributed by atoms with Crippen LogP contribution in [-0.4, -0.2) is 19.3 Å². The van der Waals surface area contributed by atoms with Crippen molar-refractivity contribution in [1.82, 2.24) is 0 Å². The Morgan fingerprint density at radius 3 is 2.45 bits per heavy atom. The van der Waals surface area contributed by atoms with Crippen LogP contribution in [0.15, 0.2) is 42.5 Å². The van der Waals surface area contributed by atoms with E-state index in [0.29, 0.717) is 17.2 Å². The minimum atomic E-state index is -0.641. The standard InChI is InChI=1S/C16H17ClO3/c1-19-15-6-4-3-5-12(15)9-14(18)11-7-8-13(17)16(10-11)20-2/h3-8,10,14,18H,9H2,1-2H3. The highest BCUT2D eigenvalue weighted by Crippen LogP contribution is 2.30. The first-order valence-electron chi connectivity index (χ1n) is 6.29. The highest BCUT2D eigenvalue weighted by atomic mass is 35.5. The first kappa shape index (κ1) is 14.7. The predicted octanol–water partition coefficient (Wildman–Crippen LogP) is 3.63. The van der Waals surface area contributed by atoms with Crippen molar-refractivity contribution in [2.24, 2.45) is 0 Å². The fourth-order valence-corrected chi connectivity index (χ4v) is 2.28. The van der Waals surface area contributed by atoms with Crippen molar-refractivity contribution in [3.05, 3.63) is 58.6 Å². The summed E-state index contributed by atoms with van der Waals surface area (Å²) in [5.41, 5.74) is 1.72. The molecule has 0 saturated carbocycles. The fourth-order valence-electron chi connectivity index (χ4n) is 2.08. The molecule has 106 valence electrons. The molecular weight excluding hydrogens is 276 g/mol. The van der Waals surface area contributed by atoms with Gasteiger partial charge in [0.15, 0.2) is 0 Å². The van der Waals surface area contributed by atoms with Gasteiger partial charge in [0, 0.05) is 6.42 Å². The van der Waals surface area contributed by atoms with Crippen LogP contribution in [0.4, 0.5) is 0 Å². The van der Waals surface area contributed by atoms with Gasteiger partial charge < -0.3 is 14.6 Å². The average Bonchev–Trinajstić information content (AvgIpc) is 2.48. The maximum atomic E-state index is 10.4. The molecule has 0 radical (unpaired) electrons. The summed E-state index contributed by atoms with van der Waals surface area (Å²) in [5, 5.41) is 10.9. The van der Waals surface area contributed by atoms with E-state index in [2.05, 4.69) is 0 Å². The number of aliphatic hydroxyl groups is 1. The summed E-state index contributed by atoms with van der Waals surface area (Å²) in [7, 11) is 3.17. The molecule has 0 saturated heterocycles. The summed E-state index contributed by atoms with van der Waals surface area (Å²) in [5.74, 6) is 1.33. The van der Waals surface area contributed by atoms with Gasteiger partial charge >= 0.3 is 0 Å². The number of halogens is 1. The van der Waals surface area contributed by atoms with Gasteiger partial charge in [0.05, 0.1) is 25.3 Å². The lowest BCUT2D eigenvalue weighted by Crippen LogP contribution is -2.03. The van der Waals surface area contributed by atoms with Gasteiger partial charge in [-0.05, 0) is 29.3 Å². The zero-order valence-electron chi connectivity index (χ0n) is 11.5. The lowest BCUT2D eigenvalue weighted by molar-refractivity contribution is 0.177. The molecule has 2 rings (SSSR count). The van der Waals surface area contributed by atoms with E-state index in [4.69, 9.17) is 21.1 Å². The van der Waals surface area contributed by atoms with Crippen molar-refractivity contribution < 1.29 is 14.6 Å². The molecule has 0 aliphatic carbocycles. The van der Waals surface area contributed by atoms with Crippen LogP contribution in [0.1, 0.15) is 17.2 Å². The fraction of sp³-hybridized carbons (Fsp3) is 0.250. The summed E-state index contributed by atoms with van der Waals surface area (Å²) in [6.45, 7) is 0. The van der Waals surface area contributed by atoms with Crippen molar-refractivity contribution in [2.75, 3.05) is 14.2 Å². The third-order valence-electron chi connectivity index (χ3n) is 3.17. The minimum absolute atomic E-state index is 0.467. The maximum absolute atomic E-state index is 10.4. The van der Waals surface area contributed by atoms with E-state index in [1.807, 2.05) is 24.3 Å². The van der Waals surface area contributed by atoms with Crippen LogP contribution in [0.3, 0.4) is 0 Å². The van der Waals surface area contributed by atoms with E-state index in [0.717, 1.165) is 16.9 Å². The molecule has 0 aromatic heterocycles. The quantitative estimate of drug-likeness (QED) is 0.914. The summed E-state index contributed by atoms with van der Waals surface area (Å²) in [4.78, 5) is 0. The molecule has 20 heavy (non-hydrogen) atoms. The van der Waals surface area contributed by atoms with Gasteiger partial charge in [-0.1, -0.05) is 35.9 Å². The Morgan fingerprint density at radius 2 is 1.75 bits per heavy atom. The van der Waals surface area contributed by atoms with E-state index in [1.165, 1.54) is 0 Å². The molecule has 0 aliphatic rings. The van der Waals surface area contributed by atoms with Crippen molar-refractivity contribution in [3.8, 4) is 11.5 Å². The molecule has 4 heteroatoms. The second-order valence-corrected chi connectivity index (χ2v) is 4.83. The monoisotopic (exact) mass is 292 g/mol. The molecule has 1 N–H and O–H groups in total. The topological polar surface area (TPSA) is 38.7 Å². The van der Waals surface area contributed by atoms with Crippen molar-refractivity contribution >= 4 is 11.6 Å². The van der Waals surface area contributed by atoms with Gasteiger partial charge in [0.2, 0.25) is 0 Å². The molecule has 2 aromatic rings. The highest BCUT2D eigenvalue weighted by molar-refractivity contribution is 6.32. The van der Waals surface area contributed by atoms with Gasteiger partial charge in [-0.25, -0.2) is 0 Å². The number of ether oxygens (including phenoxy) is 2. The highest BCUT2D eigenvalue weighted by Gasteiger charge is 2.13. The van der Waals surface area contributed by atoms with Gasteiger partial charge in [-0.15, -0.1) is 0 Å². The van der Waals surface area contributed by atoms with Crippen LogP contribution in [-0.2, 0) is 6.42 Å². The first-order chi connectivity index (χ1) is 9.65. The van der Waals surface area contributed by atoms with Crippen molar-refractivity contribution in [2.45, 2.75) is 12.5 Å². The molecule has 2 aromatic carbocycles.